The van der Waals surface area contributed by atoms with E-state index >= 15 is 0 Å². The Labute approximate surface area is 201 Å². The van der Waals surface area contributed by atoms with Gasteiger partial charge in [0, 0.05) is 40.5 Å². The van der Waals surface area contributed by atoms with E-state index in [9.17, 15) is 14.0 Å². The van der Waals surface area contributed by atoms with E-state index in [1.165, 1.54) is 12.1 Å². The second-order valence-corrected chi connectivity index (χ2v) is 9.56. The number of aryl methyl sites for hydroxylation is 1. The molecule has 2 N–H and O–H groups in total. The fourth-order valence-electron chi connectivity index (χ4n) is 5.50. The molecule has 2 aliphatic heterocycles. The van der Waals surface area contributed by atoms with Gasteiger partial charge in [0.05, 0.1) is 5.41 Å². The van der Waals surface area contributed by atoms with Crippen LogP contribution in [0.15, 0.2) is 60.7 Å². The Morgan fingerprint density at radius 1 is 0.970 bits per heavy atom. The number of rotatable bonds is 2. The average molecular weight is 483 g/mol. The van der Waals surface area contributed by atoms with Crippen LogP contribution >= 0.6 is 23.2 Å². The maximum Gasteiger partial charge on any atom is 0.236 e. The SMILES string of the molecule is Cc1ccc(F)cc1[C@@H]1CNC(=O)C[C@H](c2cccc(Cl)c2)[C@@]12C(=O)Nc1cc(Cl)ccc12. The molecule has 1 saturated heterocycles. The first kappa shape index (κ1) is 21.9. The van der Waals surface area contributed by atoms with Crippen LogP contribution < -0.4 is 10.6 Å². The molecule has 2 heterocycles. The van der Waals surface area contributed by atoms with Gasteiger partial charge < -0.3 is 10.6 Å². The molecule has 7 heteroatoms. The first-order chi connectivity index (χ1) is 15.8. The first-order valence-electron chi connectivity index (χ1n) is 10.7. The van der Waals surface area contributed by atoms with E-state index < -0.39 is 23.1 Å². The summed E-state index contributed by atoms with van der Waals surface area (Å²) in [6, 6.07) is 17.1. The van der Waals surface area contributed by atoms with Crippen LogP contribution in [0.1, 0.15) is 40.5 Å². The summed E-state index contributed by atoms with van der Waals surface area (Å²) < 4.78 is 14.5. The van der Waals surface area contributed by atoms with Crippen molar-refractivity contribution >= 4 is 40.7 Å². The Morgan fingerprint density at radius 3 is 2.55 bits per heavy atom. The van der Waals surface area contributed by atoms with Crippen molar-refractivity contribution in [2.24, 2.45) is 0 Å². The van der Waals surface area contributed by atoms with Crippen LogP contribution in [0.5, 0.6) is 0 Å². The Hall–Kier alpha value is -2.89. The third kappa shape index (κ3) is 3.51. The van der Waals surface area contributed by atoms with Gasteiger partial charge in [-0.15, -0.1) is 0 Å². The van der Waals surface area contributed by atoms with Crippen LogP contribution in [0, 0.1) is 12.7 Å². The van der Waals surface area contributed by atoms with Crippen LogP contribution in [0.3, 0.4) is 0 Å². The number of amides is 2. The van der Waals surface area contributed by atoms with E-state index in [0.717, 1.165) is 16.7 Å². The largest absolute Gasteiger partial charge is 0.355 e. The fraction of sp³-hybridized carbons (Fsp3) is 0.231. The number of anilines is 1. The van der Waals surface area contributed by atoms with Crippen molar-refractivity contribution in [1.29, 1.82) is 0 Å². The molecule has 33 heavy (non-hydrogen) atoms. The van der Waals surface area contributed by atoms with Crippen molar-refractivity contribution in [1.82, 2.24) is 5.32 Å². The normalized spacial score (nSPS) is 24.2. The molecule has 0 unspecified atom stereocenters. The van der Waals surface area contributed by atoms with Crippen LogP contribution in [0.4, 0.5) is 10.1 Å². The van der Waals surface area contributed by atoms with Crippen molar-refractivity contribution in [3.8, 4) is 0 Å². The Bertz CT molecular complexity index is 1300. The predicted molar refractivity (Wildman–Crippen MR) is 127 cm³/mol. The molecule has 3 aromatic rings. The van der Waals surface area contributed by atoms with Crippen LogP contribution in [-0.4, -0.2) is 18.4 Å². The maximum absolute atomic E-state index is 14.5. The number of hydrogen-bond acceptors (Lipinski definition) is 2. The number of nitrogens with one attached hydrogen (secondary N) is 2. The molecule has 0 radical (unpaired) electrons. The molecule has 2 aliphatic rings. The minimum atomic E-state index is -1.18. The lowest BCUT2D eigenvalue weighted by Crippen LogP contribution is -2.47. The minimum Gasteiger partial charge on any atom is -0.355 e. The monoisotopic (exact) mass is 482 g/mol. The Balaban J connectivity index is 1.85. The molecule has 3 aromatic carbocycles. The lowest BCUT2D eigenvalue weighted by Gasteiger charge is -2.41. The molecule has 3 atom stereocenters. The van der Waals surface area contributed by atoms with E-state index in [-0.39, 0.29) is 24.8 Å². The second-order valence-electron chi connectivity index (χ2n) is 8.68. The number of fused-ring (bicyclic) bond motifs is 2. The summed E-state index contributed by atoms with van der Waals surface area (Å²) >= 11 is 12.6. The zero-order valence-electron chi connectivity index (χ0n) is 17.8. The highest BCUT2D eigenvalue weighted by atomic mass is 35.5. The van der Waals surface area contributed by atoms with E-state index in [2.05, 4.69) is 10.6 Å². The summed E-state index contributed by atoms with van der Waals surface area (Å²) in [6.07, 6.45) is 0.0840. The standard InChI is InChI=1S/C26H21Cl2FN2O2/c1-14-5-7-18(29)11-19(14)22-13-30-24(32)12-21(15-3-2-4-16(27)9-15)26(22)20-8-6-17(28)10-23(20)31-25(26)33/h2-11,21-22H,12-13H2,1H3,(H,30,32)(H,31,33)/t21-,22+,26-/m1/s1. The molecule has 0 aromatic heterocycles. The summed E-state index contributed by atoms with van der Waals surface area (Å²) in [5.41, 5.74) is 2.47. The van der Waals surface area contributed by atoms with Crippen LogP contribution in [0.2, 0.25) is 10.0 Å². The van der Waals surface area contributed by atoms with Gasteiger partial charge in [-0.1, -0.05) is 47.5 Å². The summed E-state index contributed by atoms with van der Waals surface area (Å²) in [6.45, 7) is 2.08. The molecule has 1 spiro atoms. The molecular weight excluding hydrogens is 462 g/mol. The molecule has 168 valence electrons. The third-order valence-electron chi connectivity index (χ3n) is 6.91. The zero-order chi connectivity index (χ0) is 23.3. The van der Waals surface area contributed by atoms with Gasteiger partial charge in [0.25, 0.3) is 0 Å². The Morgan fingerprint density at radius 2 is 1.76 bits per heavy atom. The van der Waals surface area contributed by atoms with Crippen LogP contribution in [-0.2, 0) is 15.0 Å². The molecule has 0 saturated carbocycles. The molecule has 5 rings (SSSR count). The summed E-state index contributed by atoms with van der Waals surface area (Å²) in [5, 5.41) is 6.97. The topological polar surface area (TPSA) is 58.2 Å². The number of hydrogen-bond donors (Lipinski definition) is 2. The lowest BCUT2D eigenvalue weighted by atomic mass is 9.58. The highest BCUT2D eigenvalue weighted by Gasteiger charge is 2.59. The first-order valence-corrected chi connectivity index (χ1v) is 11.5. The number of carbonyl (C=O) groups is 2. The van der Waals surface area contributed by atoms with Gasteiger partial charge in [0.1, 0.15) is 5.82 Å². The van der Waals surface area contributed by atoms with Gasteiger partial charge in [-0.3, -0.25) is 9.59 Å². The van der Waals surface area contributed by atoms with Crippen molar-refractivity contribution in [2.75, 3.05) is 11.9 Å². The number of benzene rings is 3. The summed E-state index contributed by atoms with van der Waals surface area (Å²) in [5.74, 6) is -1.86. The zero-order valence-corrected chi connectivity index (χ0v) is 19.3. The van der Waals surface area contributed by atoms with Gasteiger partial charge in [0.15, 0.2) is 0 Å². The molecule has 1 fully saturated rings. The van der Waals surface area contributed by atoms with Gasteiger partial charge in [-0.2, -0.15) is 0 Å². The van der Waals surface area contributed by atoms with Crippen LogP contribution in [0.25, 0.3) is 0 Å². The van der Waals surface area contributed by atoms with Crippen molar-refractivity contribution in [3.05, 3.63) is 98.8 Å². The highest BCUT2D eigenvalue weighted by Crippen LogP contribution is 2.57. The number of halogens is 3. The van der Waals surface area contributed by atoms with E-state index in [1.807, 2.05) is 25.1 Å². The second kappa shape index (κ2) is 8.15. The average Bonchev–Trinajstić information content (AvgIpc) is 2.95. The van der Waals surface area contributed by atoms with Crippen molar-refractivity contribution in [2.45, 2.75) is 30.6 Å². The van der Waals surface area contributed by atoms with Gasteiger partial charge in [-0.05, 0) is 65.6 Å². The molecule has 0 bridgehead atoms. The van der Waals surface area contributed by atoms with Gasteiger partial charge >= 0.3 is 0 Å². The van der Waals surface area contributed by atoms with Crippen molar-refractivity contribution < 1.29 is 14.0 Å². The van der Waals surface area contributed by atoms with E-state index in [1.54, 1.807) is 30.3 Å². The third-order valence-corrected chi connectivity index (χ3v) is 7.38. The maximum atomic E-state index is 14.5. The Kier molecular flexibility index (Phi) is 5.42. The van der Waals surface area contributed by atoms with E-state index in [4.69, 9.17) is 23.2 Å². The quantitative estimate of drug-likeness (QED) is 0.490. The summed E-state index contributed by atoms with van der Waals surface area (Å²) in [7, 11) is 0. The minimum absolute atomic E-state index is 0.0840. The molecule has 4 nitrogen and oxygen atoms in total. The fourth-order valence-corrected chi connectivity index (χ4v) is 5.88. The van der Waals surface area contributed by atoms with E-state index in [0.29, 0.717) is 21.3 Å². The number of carbonyl (C=O) groups excluding carboxylic acids is 2. The lowest BCUT2D eigenvalue weighted by molar-refractivity contribution is -0.123. The predicted octanol–water partition coefficient (Wildman–Crippen LogP) is 5.72. The van der Waals surface area contributed by atoms with Gasteiger partial charge in [-0.25, -0.2) is 4.39 Å². The summed E-state index contributed by atoms with van der Waals surface area (Å²) in [4.78, 5) is 26.9. The molecule has 0 aliphatic carbocycles. The molecule has 2 amide bonds. The molecular formula is C26H21Cl2FN2O2. The van der Waals surface area contributed by atoms with Gasteiger partial charge in [0.2, 0.25) is 11.8 Å². The van der Waals surface area contributed by atoms with Crippen molar-refractivity contribution in [3.63, 3.8) is 0 Å². The highest BCUT2D eigenvalue weighted by molar-refractivity contribution is 6.31. The smallest absolute Gasteiger partial charge is 0.236 e.